The van der Waals surface area contributed by atoms with Crippen molar-refractivity contribution in [2.24, 2.45) is 5.10 Å². The quantitative estimate of drug-likeness (QED) is 0.521. The molecule has 1 amide bonds. The van der Waals surface area contributed by atoms with Gasteiger partial charge in [0.05, 0.1) is 11.3 Å². The molecule has 0 bridgehead atoms. The molecular weight excluding hydrogens is 274 g/mol. The molecule has 2 rings (SSSR count). The number of pyridine rings is 1. The van der Waals surface area contributed by atoms with Crippen molar-refractivity contribution in [3.8, 4) is 0 Å². The van der Waals surface area contributed by atoms with Gasteiger partial charge in [0.1, 0.15) is 0 Å². The Morgan fingerprint density at radius 2 is 1.95 bits per heavy atom. The van der Waals surface area contributed by atoms with Gasteiger partial charge in [0, 0.05) is 12.4 Å². The third-order valence-corrected chi connectivity index (χ3v) is 2.79. The maximum absolute atomic E-state index is 11.8. The molecule has 4 nitrogen and oxygen atoms in total. The highest BCUT2D eigenvalue weighted by Crippen LogP contribution is 2.00. The first-order valence-electron chi connectivity index (χ1n) is 6.90. The summed E-state index contributed by atoms with van der Waals surface area (Å²) in [6.07, 6.45) is 10.7. The highest BCUT2D eigenvalue weighted by molar-refractivity contribution is 5.97. The fraction of sp³-hybridized carbons (Fsp3) is 0.0556. The highest BCUT2D eigenvalue weighted by Gasteiger charge is 2.02. The number of aromatic nitrogens is 1. The van der Waals surface area contributed by atoms with E-state index in [0.29, 0.717) is 11.3 Å². The lowest BCUT2D eigenvalue weighted by molar-refractivity contribution is 0.0954. The summed E-state index contributed by atoms with van der Waals surface area (Å²) in [7, 11) is 0. The first-order valence-corrected chi connectivity index (χ1v) is 6.90. The Morgan fingerprint density at radius 3 is 2.68 bits per heavy atom. The van der Waals surface area contributed by atoms with E-state index in [9.17, 15) is 4.79 Å². The number of hydrogen-bond donors (Lipinski definition) is 1. The van der Waals surface area contributed by atoms with Crippen LogP contribution in [0, 0.1) is 0 Å². The first-order chi connectivity index (χ1) is 10.8. The molecule has 0 saturated heterocycles. The Kier molecular flexibility index (Phi) is 5.81. The zero-order chi connectivity index (χ0) is 15.6. The number of hydrogen-bond acceptors (Lipinski definition) is 3. The summed E-state index contributed by atoms with van der Waals surface area (Å²) in [4.78, 5) is 15.7. The first kappa shape index (κ1) is 15.4. The fourth-order valence-electron chi connectivity index (χ4n) is 1.66. The molecule has 2 aromatic rings. The molecule has 0 aliphatic heterocycles. The molecule has 0 atom stereocenters. The molecule has 4 heteroatoms. The Balaban J connectivity index is 1.86. The van der Waals surface area contributed by atoms with Crippen LogP contribution in [0.5, 0.6) is 0 Å². The summed E-state index contributed by atoms with van der Waals surface area (Å²) in [5.41, 5.74) is 4.80. The predicted molar refractivity (Wildman–Crippen MR) is 89.4 cm³/mol. The van der Waals surface area contributed by atoms with E-state index >= 15 is 0 Å². The van der Waals surface area contributed by atoms with E-state index in [2.05, 4.69) is 15.5 Å². The van der Waals surface area contributed by atoms with Crippen molar-refractivity contribution in [2.75, 3.05) is 0 Å². The summed E-state index contributed by atoms with van der Waals surface area (Å²) >= 11 is 0. The van der Waals surface area contributed by atoms with E-state index in [4.69, 9.17) is 0 Å². The molecule has 1 aromatic heterocycles. The SMILES string of the molecule is CC(C=CC=Cc1ccccc1)=NNC(=O)c1cccnc1. The molecule has 0 spiro atoms. The zero-order valence-electron chi connectivity index (χ0n) is 12.3. The highest BCUT2D eigenvalue weighted by atomic mass is 16.2. The molecule has 22 heavy (non-hydrogen) atoms. The van der Waals surface area contributed by atoms with Crippen LogP contribution in [0.3, 0.4) is 0 Å². The van der Waals surface area contributed by atoms with Gasteiger partial charge in [-0.3, -0.25) is 9.78 Å². The number of rotatable bonds is 5. The van der Waals surface area contributed by atoms with E-state index in [0.717, 1.165) is 5.56 Å². The molecule has 0 fully saturated rings. The van der Waals surface area contributed by atoms with Crippen LogP contribution < -0.4 is 5.43 Å². The van der Waals surface area contributed by atoms with Crippen LogP contribution in [-0.4, -0.2) is 16.6 Å². The van der Waals surface area contributed by atoms with Crippen LogP contribution >= 0.6 is 0 Å². The lowest BCUT2D eigenvalue weighted by atomic mass is 10.2. The standard InChI is InChI=1S/C18H17N3O/c1-15(8-5-6-11-16-9-3-2-4-10-16)20-21-18(22)17-12-7-13-19-14-17/h2-14H,1H3,(H,21,22). The van der Waals surface area contributed by atoms with E-state index in [1.54, 1.807) is 18.3 Å². The van der Waals surface area contributed by atoms with Crippen LogP contribution in [0.15, 0.2) is 78.2 Å². The minimum atomic E-state index is -0.277. The molecule has 1 heterocycles. The molecule has 1 aromatic carbocycles. The monoisotopic (exact) mass is 291 g/mol. The predicted octanol–water partition coefficient (Wildman–Crippen LogP) is 3.46. The number of amides is 1. The van der Waals surface area contributed by atoms with Crippen molar-refractivity contribution in [2.45, 2.75) is 6.92 Å². The second-order valence-electron chi connectivity index (χ2n) is 4.56. The smallest absolute Gasteiger partial charge is 0.267 e. The van der Waals surface area contributed by atoms with Crippen molar-refractivity contribution in [3.05, 3.63) is 84.2 Å². The normalized spacial score (nSPS) is 12.0. The number of nitrogens with zero attached hydrogens (tertiary/aromatic N) is 2. The largest absolute Gasteiger partial charge is 0.272 e. The number of carbonyl (C=O) groups is 1. The average Bonchev–Trinajstić information content (AvgIpc) is 2.58. The molecule has 0 aliphatic rings. The topological polar surface area (TPSA) is 54.4 Å². The second kappa shape index (κ2) is 8.32. The van der Waals surface area contributed by atoms with E-state index in [1.807, 2.05) is 61.6 Å². The van der Waals surface area contributed by atoms with E-state index < -0.39 is 0 Å². The summed E-state index contributed by atoms with van der Waals surface area (Å²) in [6, 6.07) is 13.4. The van der Waals surface area contributed by atoms with Gasteiger partial charge in [-0.25, -0.2) is 5.43 Å². The van der Waals surface area contributed by atoms with Gasteiger partial charge in [0.25, 0.3) is 5.91 Å². The van der Waals surface area contributed by atoms with Crippen LogP contribution in [0.4, 0.5) is 0 Å². The van der Waals surface area contributed by atoms with Crippen LogP contribution in [0.25, 0.3) is 6.08 Å². The van der Waals surface area contributed by atoms with Gasteiger partial charge in [-0.1, -0.05) is 48.6 Å². The van der Waals surface area contributed by atoms with Crippen molar-refractivity contribution in [1.29, 1.82) is 0 Å². The molecular formula is C18H17N3O. The summed E-state index contributed by atoms with van der Waals surface area (Å²) in [5, 5.41) is 4.01. The molecule has 110 valence electrons. The number of benzene rings is 1. The third-order valence-electron chi connectivity index (χ3n) is 2.79. The summed E-state index contributed by atoms with van der Waals surface area (Å²) in [6.45, 7) is 1.82. The minimum Gasteiger partial charge on any atom is -0.267 e. The number of allylic oxidation sites excluding steroid dienone is 3. The van der Waals surface area contributed by atoms with E-state index in [1.165, 1.54) is 6.20 Å². The van der Waals surface area contributed by atoms with Crippen molar-refractivity contribution >= 4 is 17.7 Å². The zero-order valence-corrected chi connectivity index (χ0v) is 12.3. The number of hydrazone groups is 1. The Labute approximate surface area is 129 Å². The third kappa shape index (κ3) is 5.17. The lowest BCUT2D eigenvalue weighted by Crippen LogP contribution is -2.18. The van der Waals surface area contributed by atoms with Gasteiger partial charge in [-0.15, -0.1) is 0 Å². The molecule has 0 unspecified atom stereocenters. The Hall–Kier alpha value is -3.01. The lowest BCUT2D eigenvalue weighted by Gasteiger charge is -1.99. The van der Waals surface area contributed by atoms with Crippen molar-refractivity contribution in [1.82, 2.24) is 10.4 Å². The van der Waals surface area contributed by atoms with E-state index in [-0.39, 0.29) is 5.91 Å². The fourth-order valence-corrected chi connectivity index (χ4v) is 1.66. The Bertz CT molecular complexity index is 689. The number of carbonyl (C=O) groups excluding carboxylic acids is 1. The Morgan fingerprint density at radius 1 is 1.14 bits per heavy atom. The molecule has 0 saturated carbocycles. The maximum Gasteiger partial charge on any atom is 0.272 e. The van der Waals surface area contributed by atoms with Gasteiger partial charge < -0.3 is 0 Å². The van der Waals surface area contributed by atoms with Gasteiger partial charge in [0.2, 0.25) is 0 Å². The minimum absolute atomic E-state index is 0.277. The molecule has 0 aliphatic carbocycles. The second-order valence-corrected chi connectivity index (χ2v) is 4.56. The maximum atomic E-state index is 11.8. The van der Waals surface area contributed by atoms with Gasteiger partial charge in [-0.2, -0.15) is 5.10 Å². The summed E-state index contributed by atoms with van der Waals surface area (Å²) in [5.74, 6) is -0.277. The van der Waals surface area contributed by atoms with Gasteiger partial charge in [0.15, 0.2) is 0 Å². The molecule has 1 N–H and O–H groups in total. The summed E-state index contributed by atoms with van der Waals surface area (Å²) < 4.78 is 0. The van der Waals surface area contributed by atoms with Crippen molar-refractivity contribution in [3.63, 3.8) is 0 Å². The van der Waals surface area contributed by atoms with Crippen molar-refractivity contribution < 1.29 is 4.79 Å². The van der Waals surface area contributed by atoms with Gasteiger partial charge >= 0.3 is 0 Å². The average molecular weight is 291 g/mol. The van der Waals surface area contributed by atoms with Crippen LogP contribution in [0.1, 0.15) is 22.8 Å². The van der Waals surface area contributed by atoms with Gasteiger partial charge in [-0.05, 0) is 30.7 Å². The van der Waals surface area contributed by atoms with Crippen LogP contribution in [0.2, 0.25) is 0 Å². The van der Waals surface area contributed by atoms with Crippen LogP contribution in [-0.2, 0) is 0 Å². The number of nitrogens with one attached hydrogen (secondary N) is 1. The molecule has 0 radical (unpaired) electrons.